The minimum atomic E-state index is 0.280. The van der Waals surface area contributed by atoms with Crippen LogP contribution in [0.25, 0.3) is 10.9 Å². The maximum atomic E-state index is 11.7. The van der Waals surface area contributed by atoms with Crippen LogP contribution in [-0.2, 0) is 11.3 Å². The van der Waals surface area contributed by atoms with E-state index in [0.29, 0.717) is 12.3 Å². The first-order valence-corrected chi connectivity index (χ1v) is 6.52. The van der Waals surface area contributed by atoms with Crippen molar-refractivity contribution in [2.24, 2.45) is 5.92 Å². The van der Waals surface area contributed by atoms with Gasteiger partial charge in [-0.25, -0.2) is 0 Å². The van der Waals surface area contributed by atoms with E-state index in [-0.39, 0.29) is 5.91 Å². The van der Waals surface area contributed by atoms with Gasteiger partial charge in [-0.3, -0.25) is 4.79 Å². The second kappa shape index (κ2) is 4.48. The van der Waals surface area contributed by atoms with Gasteiger partial charge in [0, 0.05) is 38.3 Å². The van der Waals surface area contributed by atoms with Crippen molar-refractivity contribution in [3.8, 4) is 0 Å². The molecule has 1 saturated heterocycles. The number of nitrogens with zero attached hydrogens (tertiary/aromatic N) is 2. The Bertz CT molecular complexity index is 573. The van der Waals surface area contributed by atoms with E-state index in [2.05, 4.69) is 41.1 Å². The first kappa shape index (κ1) is 11.3. The van der Waals surface area contributed by atoms with Crippen LogP contribution in [0.1, 0.15) is 12.8 Å². The van der Waals surface area contributed by atoms with Crippen LogP contribution in [0.2, 0.25) is 0 Å². The van der Waals surface area contributed by atoms with Gasteiger partial charge in [0.1, 0.15) is 0 Å². The van der Waals surface area contributed by atoms with Gasteiger partial charge in [0.05, 0.1) is 0 Å². The summed E-state index contributed by atoms with van der Waals surface area (Å²) >= 11 is 0. The molecule has 1 unspecified atom stereocenters. The first-order valence-electron chi connectivity index (χ1n) is 6.52. The Morgan fingerprint density at radius 1 is 1.28 bits per heavy atom. The Balaban J connectivity index is 1.78. The molecule has 2 aromatic rings. The Labute approximate surface area is 107 Å². The van der Waals surface area contributed by atoms with Crippen LogP contribution >= 0.6 is 0 Å². The van der Waals surface area contributed by atoms with E-state index < -0.39 is 0 Å². The molecule has 0 spiro atoms. The highest BCUT2D eigenvalue weighted by molar-refractivity contribution is 5.80. The van der Waals surface area contributed by atoms with Crippen LogP contribution < -0.4 is 0 Å². The molecule has 1 aliphatic rings. The zero-order valence-corrected chi connectivity index (χ0v) is 10.7. The summed E-state index contributed by atoms with van der Waals surface area (Å²) < 4.78 is 2.28. The lowest BCUT2D eigenvalue weighted by molar-refractivity contribution is -0.133. The molecule has 0 aliphatic carbocycles. The quantitative estimate of drug-likeness (QED) is 0.794. The molecule has 1 atom stereocenters. The number of hydrogen-bond acceptors (Lipinski definition) is 1. The van der Waals surface area contributed by atoms with E-state index in [0.717, 1.165) is 19.5 Å². The summed E-state index contributed by atoms with van der Waals surface area (Å²) in [5.74, 6) is 0.757. The highest BCUT2D eigenvalue weighted by Gasteiger charge is 2.23. The van der Waals surface area contributed by atoms with Crippen LogP contribution in [-0.4, -0.2) is 29.0 Å². The van der Waals surface area contributed by atoms with Crippen molar-refractivity contribution in [1.82, 2.24) is 9.47 Å². The van der Waals surface area contributed by atoms with E-state index >= 15 is 0 Å². The van der Waals surface area contributed by atoms with Crippen molar-refractivity contribution in [3.05, 3.63) is 36.5 Å². The van der Waals surface area contributed by atoms with Gasteiger partial charge in [0.25, 0.3) is 0 Å². The highest BCUT2D eigenvalue weighted by Crippen LogP contribution is 2.22. The summed E-state index contributed by atoms with van der Waals surface area (Å²) in [7, 11) is 1.89. The summed E-state index contributed by atoms with van der Waals surface area (Å²) in [6.07, 6.45) is 3.92. The molecule has 3 rings (SSSR count). The lowest BCUT2D eigenvalue weighted by atomic mass is 9.96. The number of likely N-dealkylation sites (tertiary alicyclic amines) is 1. The molecule has 0 saturated carbocycles. The first-order chi connectivity index (χ1) is 8.74. The molecule has 2 heterocycles. The molecule has 3 heteroatoms. The SMILES string of the molecule is CN1CCC(Cn2ccc3ccccc32)CC1=O. The molecule has 1 aromatic carbocycles. The minimum absolute atomic E-state index is 0.280. The zero-order valence-electron chi connectivity index (χ0n) is 10.7. The van der Waals surface area contributed by atoms with E-state index in [9.17, 15) is 4.79 Å². The average molecular weight is 242 g/mol. The Morgan fingerprint density at radius 3 is 2.94 bits per heavy atom. The number of carbonyl (C=O) groups is 1. The predicted molar refractivity (Wildman–Crippen MR) is 72.3 cm³/mol. The number of carbonyl (C=O) groups excluding carboxylic acids is 1. The summed E-state index contributed by atoms with van der Waals surface area (Å²) in [5.41, 5.74) is 1.27. The second-order valence-electron chi connectivity index (χ2n) is 5.20. The fourth-order valence-corrected chi connectivity index (χ4v) is 2.74. The third kappa shape index (κ3) is 2.01. The number of piperidine rings is 1. The topological polar surface area (TPSA) is 25.2 Å². The number of amides is 1. The number of fused-ring (bicyclic) bond motifs is 1. The van der Waals surface area contributed by atoms with E-state index in [4.69, 9.17) is 0 Å². The zero-order chi connectivity index (χ0) is 12.5. The van der Waals surface area contributed by atoms with Crippen molar-refractivity contribution < 1.29 is 4.79 Å². The van der Waals surface area contributed by atoms with Gasteiger partial charge in [-0.05, 0) is 29.9 Å². The molecule has 1 aromatic heterocycles. The third-order valence-corrected chi connectivity index (χ3v) is 3.90. The summed E-state index contributed by atoms with van der Waals surface area (Å²) in [4.78, 5) is 13.6. The van der Waals surface area contributed by atoms with Crippen LogP contribution in [0.4, 0.5) is 0 Å². The normalized spacial score (nSPS) is 20.6. The summed E-state index contributed by atoms with van der Waals surface area (Å²) in [6, 6.07) is 10.5. The van der Waals surface area contributed by atoms with E-state index in [1.807, 2.05) is 11.9 Å². The molecule has 1 fully saturated rings. The van der Waals surface area contributed by atoms with Crippen molar-refractivity contribution in [2.45, 2.75) is 19.4 Å². The van der Waals surface area contributed by atoms with Crippen LogP contribution in [0.5, 0.6) is 0 Å². The number of rotatable bonds is 2. The molecule has 0 radical (unpaired) electrons. The summed E-state index contributed by atoms with van der Waals surface area (Å²) in [6.45, 7) is 1.84. The monoisotopic (exact) mass is 242 g/mol. The molecule has 18 heavy (non-hydrogen) atoms. The number of hydrogen-bond donors (Lipinski definition) is 0. The van der Waals surface area contributed by atoms with E-state index in [1.54, 1.807) is 0 Å². The van der Waals surface area contributed by atoms with Crippen molar-refractivity contribution in [2.75, 3.05) is 13.6 Å². The Kier molecular flexibility index (Phi) is 2.82. The lowest BCUT2D eigenvalue weighted by Gasteiger charge is -2.29. The maximum Gasteiger partial charge on any atom is 0.222 e. The van der Waals surface area contributed by atoms with Gasteiger partial charge in [-0.1, -0.05) is 18.2 Å². The molecule has 1 aliphatic heterocycles. The fourth-order valence-electron chi connectivity index (χ4n) is 2.74. The predicted octanol–water partition coefficient (Wildman–Crippen LogP) is 2.51. The fraction of sp³-hybridized carbons (Fsp3) is 0.400. The lowest BCUT2D eigenvalue weighted by Crippen LogP contribution is -2.36. The standard InChI is InChI=1S/C15H18N2O/c1-16-8-6-12(10-15(16)18)11-17-9-7-13-4-2-3-5-14(13)17/h2-5,7,9,12H,6,8,10-11H2,1H3. The Hall–Kier alpha value is -1.77. The van der Waals surface area contributed by atoms with Gasteiger partial charge < -0.3 is 9.47 Å². The Morgan fingerprint density at radius 2 is 2.11 bits per heavy atom. The maximum absolute atomic E-state index is 11.7. The van der Waals surface area contributed by atoms with Crippen LogP contribution in [0, 0.1) is 5.92 Å². The average Bonchev–Trinajstić information content (AvgIpc) is 2.78. The molecular formula is C15H18N2O. The van der Waals surface area contributed by atoms with E-state index in [1.165, 1.54) is 10.9 Å². The van der Waals surface area contributed by atoms with Crippen LogP contribution in [0.3, 0.4) is 0 Å². The largest absolute Gasteiger partial charge is 0.347 e. The van der Waals surface area contributed by atoms with Gasteiger partial charge in [-0.15, -0.1) is 0 Å². The van der Waals surface area contributed by atoms with Crippen molar-refractivity contribution >= 4 is 16.8 Å². The highest BCUT2D eigenvalue weighted by atomic mass is 16.2. The molecule has 94 valence electrons. The van der Waals surface area contributed by atoms with Gasteiger partial charge >= 0.3 is 0 Å². The summed E-state index contributed by atoms with van der Waals surface area (Å²) in [5, 5.41) is 1.27. The molecule has 1 amide bonds. The number of aromatic nitrogens is 1. The van der Waals surface area contributed by atoms with Gasteiger partial charge in [-0.2, -0.15) is 0 Å². The van der Waals surface area contributed by atoms with Crippen molar-refractivity contribution in [3.63, 3.8) is 0 Å². The molecule has 0 bridgehead atoms. The smallest absolute Gasteiger partial charge is 0.222 e. The van der Waals surface area contributed by atoms with Crippen LogP contribution in [0.15, 0.2) is 36.5 Å². The molecular weight excluding hydrogens is 224 g/mol. The van der Waals surface area contributed by atoms with Gasteiger partial charge in [0.2, 0.25) is 5.91 Å². The number of para-hydroxylation sites is 1. The molecule has 3 nitrogen and oxygen atoms in total. The number of benzene rings is 1. The second-order valence-corrected chi connectivity index (χ2v) is 5.20. The molecule has 0 N–H and O–H groups in total. The minimum Gasteiger partial charge on any atom is -0.347 e. The van der Waals surface area contributed by atoms with Crippen molar-refractivity contribution in [1.29, 1.82) is 0 Å². The van der Waals surface area contributed by atoms with Gasteiger partial charge in [0.15, 0.2) is 0 Å². The third-order valence-electron chi connectivity index (χ3n) is 3.90.